The van der Waals surface area contributed by atoms with Gasteiger partial charge in [0.1, 0.15) is 5.01 Å². The van der Waals surface area contributed by atoms with Crippen LogP contribution < -0.4 is 4.72 Å². The first-order chi connectivity index (χ1) is 17.8. The topological polar surface area (TPSA) is 138 Å². The fourth-order valence-corrected chi connectivity index (χ4v) is 7.26. The van der Waals surface area contributed by atoms with Crippen molar-refractivity contribution in [2.75, 3.05) is 0 Å². The van der Waals surface area contributed by atoms with E-state index in [1.54, 1.807) is 24.3 Å². The summed E-state index contributed by atoms with van der Waals surface area (Å²) in [5.74, 6) is -0.580. The first-order valence-corrected chi connectivity index (χ1v) is 14.8. The molecular formula is C24H18ClN4O5S3-. The molecule has 3 aromatic carbocycles. The molecule has 0 radical (unpaired) electrons. The first kappa shape index (κ1) is 25.6. The maximum absolute atomic E-state index is 13.7. The van der Waals surface area contributed by atoms with Gasteiger partial charge in [-0.2, -0.15) is 0 Å². The van der Waals surface area contributed by atoms with Crippen LogP contribution in [0.4, 0.5) is 0 Å². The van der Waals surface area contributed by atoms with E-state index in [-0.39, 0.29) is 29.1 Å². The summed E-state index contributed by atoms with van der Waals surface area (Å²) in [6, 6.07) is 22.0. The van der Waals surface area contributed by atoms with Gasteiger partial charge in [-0.15, -0.1) is 21.5 Å². The molecule has 0 saturated carbocycles. The van der Waals surface area contributed by atoms with Gasteiger partial charge in [0.15, 0.2) is 15.1 Å². The first-order valence-electron chi connectivity index (χ1n) is 10.9. The summed E-state index contributed by atoms with van der Waals surface area (Å²) in [6.07, 6.45) is 0. The molecule has 5 aromatic rings. The standard InChI is InChI=1S/C24H19ClN4O5S3/c25-18-9-6-15(7-10-18)14-37(32,33)22(23-29-28-21(34-23)13-26-36(30)31)24-27-19-11-8-17(12-20(19)35-24)16-4-2-1-3-5-16/h1-12,22,26H,13-14H2,(H,30,31)/p-1. The van der Waals surface area contributed by atoms with Gasteiger partial charge in [-0.3, -0.25) is 4.21 Å². The second-order valence-electron chi connectivity index (χ2n) is 8.00. The number of aromatic nitrogens is 3. The molecule has 5 rings (SSSR count). The lowest BCUT2D eigenvalue weighted by atomic mass is 10.1. The maximum atomic E-state index is 13.7. The fraction of sp³-hybridized carbons (Fsp3) is 0.125. The molecule has 2 atom stereocenters. The molecule has 0 spiro atoms. The minimum atomic E-state index is -3.96. The lowest BCUT2D eigenvalue weighted by molar-refractivity contribution is 0.440. The zero-order chi connectivity index (χ0) is 26.0. The van der Waals surface area contributed by atoms with Crippen LogP contribution >= 0.6 is 22.9 Å². The number of nitrogens with zero attached hydrogens (tertiary/aromatic N) is 3. The highest BCUT2D eigenvalue weighted by Crippen LogP contribution is 2.38. The van der Waals surface area contributed by atoms with Crippen LogP contribution in [-0.4, -0.2) is 32.4 Å². The Morgan fingerprint density at radius 2 is 1.78 bits per heavy atom. The normalized spacial score (nSPS) is 13.6. The number of thiazole rings is 1. The van der Waals surface area contributed by atoms with Gasteiger partial charge in [0.2, 0.25) is 11.8 Å². The number of sulfone groups is 1. The average Bonchev–Trinajstić information content (AvgIpc) is 3.51. The largest absolute Gasteiger partial charge is 0.760 e. The van der Waals surface area contributed by atoms with Gasteiger partial charge in [-0.1, -0.05) is 60.1 Å². The van der Waals surface area contributed by atoms with E-state index in [2.05, 4.69) is 19.9 Å². The molecule has 0 aliphatic heterocycles. The Hall–Kier alpha value is -3.00. The van der Waals surface area contributed by atoms with Gasteiger partial charge in [0, 0.05) is 16.3 Å². The summed E-state index contributed by atoms with van der Waals surface area (Å²) in [7, 11) is -3.96. The third-order valence-electron chi connectivity index (χ3n) is 5.42. The minimum Gasteiger partial charge on any atom is -0.760 e. The second-order valence-corrected chi connectivity index (χ2v) is 12.3. The summed E-state index contributed by atoms with van der Waals surface area (Å²) < 4.78 is 57.6. The van der Waals surface area contributed by atoms with Gasteiger partial charge in [0.05, 0.1) is 22.5 Å². The van der Waals surface area contributed by atoms with E-state index in [0.29, 0.717) is 16.1 Å². The number of fused-ring (bicyclic) bond motifs is 1. The van der Waals surface area contributed by atoms with Crippen molar-refractivity contribution in [2.45, 2.75) is 17.5 Å². The molecule has 37 heavy (non-hydrogen) atoms. The molecule has 0 aliphatic rings. The Balaban J connectivity index is 1.56. The van der Waals surface area contributed by atoms with Crippen LogP contribution in [0.25, 0.3) is 21.3 Å². The van der Waals surface area contributed by atoms with Crippen LogP contribution in [0.1, 0.15) is 27.6 Å². The van der Waals surface area contributed by atoms with E-state index >= 15 is 0 Å². The highest BCUT2D eigenvalue weighted by atomic mass is 35.5. The molecule has 13 heteroatoms. The molecule has 0 fully saturated rings. The molecule has 2 heterocycles. The molecule has 190 valence electrons. The third-order valence-corrected chi connectivity index (χ3v) is 9.17. The van der Waals surface area contributed by atoms with Crippen molar-refractivity contribution in [3.8, 4) is 11.1 Å². The Bertz CT molecular complexity index is 1670. The van der Waals surface area contributed by atoms with Gasteiger partial charge in [-0.05, 0) is 41.0 Å². The molecule has 2 aromatic heterocycles. The summed E-state index contributed by atoms with van der Waals surface area (Å²) >= 11 is 4.63. The smallest absolute Gasteiger partial charge is 0.241 e. The zero-order valence-corrected chi connectivity index (χ0v) is 22.1. The molecule has 0 amide bonds. The maximum Gasteiger partial charge on any atom is 0.241 e. The molecule has 2 unspecified atom stereocenters. The van der Waals surface area contributed by atoms with E-state index in [0.717, 1.165) is 15.8 Å². The fourth-order valence-electron chi connectivity index (χ4n) is 3.74. The Morgan fingerprint density at radius 1 is 1.03 bits per heavy atom. The second kappa shape index (κ2) is 10.8. The Labute approximate surface area is 223 Å². The lowest BCUT2D eigenvalue weighted by Crippen LogP contribution is -2.17. The third kappa shape index (κ3) is 5.95. The van der Waals surface area contributed by atoms with Crippen LogP contribution in [0, 0.1) is 0 Å². The van der Waals surface area contributed by atoms with Crippen molar-refractivity contribution in [1.29, 1.82) is 0 Å². The number of nitrogens with one attached hydrogen (secondary N) is 1. The number of hydrogen-bond acceptors (Lipinski definition) is 9. The number of hydrogen-bond donors (Lipinski definition) is 1. The number of benzene rings is 3. The van der Waals surface area contributed by atoms with Crippen LogP contribution in [-0.2, 0) is 33.4 Å². The molecule has 0 aliphatic carbocycles. The van der Waals surface area contributed by atoms with Gasteiger partial charge >= 0.3 is 0 Å². The average molecular weight is 574 g/mol. The quantitative estimate of drug-likeness (QED) is 0.253. The SMILES string of the molecule is O=S([O-])NCc1nnc(C(c2nc3ccc(-c4ccccc4)cc3s2)S(=O)(=O)Cc2ccc(Cl)cc2)o1. The van der Waals surface area contributed by atoms with E-state index in [1.165, 1.54) is 11.3 Å². The van der Waals surface area contributed by atoms with Crippen molar-refractivity contribution < 1.29 is 21.6 Å². The zero-order valence-electron chi connectivity index (χ0n) is 18.9. The molecule has 0 saturated heterocycles. The minimum absolute atomic E-state index is 0.0710. The molecule has 0 bridgehead atoms. The number of halogens is 1. The number of rotatable bonds is 9. The monoisotopic (exact) mass is 573 g/mol. The van der Waals surface area contributed by atoms with Gasteiger partial charge in [0.25, 0.3) is 0 Å². The van der Waals surface area contributed by atoms with E-state index in [4.69, 9.17) is 16.0 Å². The van der Waals surface area contributed by atoms with Gasteiger partial charge < -0.3 is 8.97 Å². The van der Waals surface area contributed by atoms with Crippen molar-refractivity contribution in [3.05, 3.63) is 100 Å². The lowest BCUT2D eigenvalue weighted by Gasteiger charge is -2.12. The Kier molecular flexibility index (Phi) is 7.47. The highest BCUT2D eigenvalue weighted by molar-refractivity contribution is 7.91. The van der Waals surface area contributed by atoms with Crippen LogP contribution in [0.3, 0.4) is 0 Å². The van der Waals surface area contributed by atoms with Crippen molar-refractivity contribution in [1.82, 2.24) is 19.9 Å². The highest BCUT2D eigenvalue weighted by Gasteiger charge is 2.37. The summed E-state index contributed by atoms with van der Waals surface area (Å²) in [6.45, 7) is -0.270. The predicted molar refractivity (Wildman–Crippen MR) is 141 cm³/mol. The van der Waals surface area contributed by atoms with E-state index < -0.39 is 26.4 Å². The van der Waals surface area contributed by atoms with Crippen LogP contribution in [0.5, 0.6) is 0 Å². The van der Waals surface area contributed by atoms with Crippen molar-refractivity contribution in [2.24, 2.45) is 0 Å². The molecule has 9 nitrogen and oxygen atoms in total. The summed E-state index contributed by atoms with van der Waals surface area (Å²) in [5, 5.41) is 7.16. The molecule has 1 N–H and O–H groups in total. The Morgan fingerprint density at radius 3 is 2.51 bits per heavy atom. The van der Waals surface area contributed by atoms with E-state index in [1.807, 2.05) is 48.5 Å². The van der Waals surface area contributed by atoms with Crippen molar-refractivity contribution in [3.63, 3.8) is 0 Å². The summed E-state index contributed by atoms with van der Waals surface area (Å²) in [5.41, 5.74) is 3.16. The van der Waals surface area contributed by atoms with Crippen LogP contribution in [0.2, 0.25) is 5.02 Å². The predicted octanol–water partition coefficient (Wildman–Crippen LogP) is 4.59. The van der Waals surface area contributed by atoms with E-state index in [9.17, 15) is 17.2 Å². The molecular weight excluding hydrogens is 556 g/mol. The van der Waals surface area contributed by atoms with Crippen LogP contribution in [0.15, 0.2) is 77.2 Å². The van der Waals surface area contributed by atoms with Gasteiger partial charge in [-0.25, -0.2) is 18.1 Å². The summed E-state index contributed by atoms with van der Waals surface area (Å²) in [4.78, 5) is 4.61. The van der Waals surface area contributed by atoms with Crippen molar-refractivity contribution >= 4 is 54.3 Å².